The van der Waals surface area contributed by atoms with Crippen molar-refractivity contribution in [1.29, 1.82) is 0 Å². The summed E-state index contributed by atoms with van der Waals surface area (Å²) in [5, 5.41) is 9.45. The zero-order chi connectivity index (χ0) is 15.8. The van der Waals surface area contributed by atoms with Gasteiger partial charge in [0.1, 0.15) is 11.4 Å². The van der Waals surface area contributed by atoms with Crippen LogP contribution >= 0.6 is 0 Å². The smallest absolute Gasteiger partial charge is 0.326 e. The fourth-order valence-corrected chi connectivity index (χ4v) is 3.05. The Kier molecular flexibility index (Phi) is 4.00. The summed E-state index contributed by atoms with van der Waals surface area (Å²) in [5.74, 6) is -2.60. The highest BCUT2D eigenvalue weighted by Gasteiger charge is 2.55. The molecule has 5 nitrogen and oxygen atoms in total. The monoisotopic (exact) mass is 295 g/mol. The first kappa shape index (κ1) is 15.4. The second-order valence-corrected chi connectivity index (χ2v) is 5.52. The highest BCUT2D eigenvalue weighted by atomic mass is 19.1. The standard InChI is InChI=1S/C15H18FNO4/c1-15(14(20)21-3)8-11(13(18)19)12(17(15)2)9-4-6-10(16)7-5-9/h4-7,11-12H,8H2,1-3H3,(H,18,19)/t11-,12-,15+/m0/s1. The molecule has 1 aromatic rings. The van der Waals surface area contributed by atoms with E-state index in [2.05, 4.69) is 0 Å². The Morgan fingerprint density at radius 1 is 1.38 bits per heavy atom. The first-order valence-corrected chi connectivity index (χ1v) is 6.61. The third-order valence-electron chi connectivity index (χ3n) is 4.35. The number of hydrogen-bond donors (Lipinski definition) is 1. The maximum atomic E-state index is 13.1. The van der Waals surface area contributed by atoms with Gasteiger partial charge in [0.2, 0.25) is 0 Å². The average Bonchev–Trinajstić information content (AvgIpc) is 2.73. The van der Waals surface area contributed by atoms with Crippen LogP contribution in [-0.2, 0) is 14.3 Å². The second-order valence-electron chi connectivity index (χ2n) is 5.52. The number of likely N-dealkylation sites (tertiary alicyclic amines) is 1. The molecule has 3 atom stereocenters. The van der Waals surface area contributed by atoms with Crippen LogP contribution in [0.25, 0.3) is 0 Å². The van der Waals surface area contributed by atoms with Crippen LogP contribution in [0.3, 0.4) is 0 Å². The Morgan fingerprint density at radius 3 is 2.43 bits per heavy atom. The van der Waals surface area contributed by atoms with E-state index in [1.165, 1.54) is 19.2 Å². The average molecular weight is 295 g/mol. The lowest BCUT2D eigenvalue weighted by atomic mass is 9.90. The topological polar surface area (TPSA) is 66.8 Å². The minimum atomic E-state index is -1.02. The van der Waals surface area contributed by atoms with E-state index in [1.807, 2.05) is 0 Å². The van der Waals surface area contributed by atoms with Crippen molar-refractivity contribution in [2.24, 2.45) is 5.92 Å². The molecule has 0 unspecified atom stereocenters. The summed E-state index contributed by atoms with van der Waals surface area (Å²) in [7, 11) is 2.97. The predicted molar refractivity (Wildman–Crippen MR) is 73.1 cm³/mol. The van der Waals surface area contributed by atoms with Gasteiger partial charge in [-0.1, -0.05) is 12.1 Å². The summed E-state index contributed by atoms with van der Waals surface area (Å²) in [6.45, 7) is 1.66. The summed E-state index contributed by atoms with van der Waals surface area (Å²) in [6, 6.07) is 5.17. The number of likely N-dealkylation sites (N-methyl/N-ethyl adjacent to an activating group) is 1. The van der Waals surface area contributed by atoms with Crippen LogP contribution in [-0.4, -0.2) is 41.6 Å². The number of carboxylic acid groups (broad SMARTS) is 1. The molecule has 2 rings (SSSR count). The van der Waals surface area contributed by atoms with Gasteiger partial charge in [-0.2, -0.15) is 0 Å². The molecule has 0 aromatic heterocycles. The number of hydrogen-bond acceptors (Lipinski definition) is 4. The predicted octanol–water partition coefficient (Wildman–Crippen LogP) is 1.83. The maximum Gasteiger partial charge on any atom is 0.326 e. The molecule has 1 aliphatic rings. The van der Waals surface area contributed by atoms with E-state index in [9.17, 15) is 19.1 Å². The van der Waals surface area contributed by atoms with Crippen LogP contribution in [0.15, 0.2) is 24.3 Å². The number of nitrogens with zero attached hydrogens (tertiary/aromatic N) is 1. The Balaban J connectivity index is 2.44. The normalized spacial score (nSPS) is 29.3. The van der Waals surface area contributed by atoms with Crippen LogP contribution < -0.4 is 0 Å². The van der Waals surface area contributed by atoms with Crippen molar-refractivity contribution in [1.82, 2.24) is 4.90 Å². The van der Waals surface area contributed by atoms with Crippen LogP contribution in [0.1, 0.15) is 24.9 Å². The lowest BCUT2D eigenvalue weighted by Crippen LogP contribution is -2.47. The molecule has 1 N–H and O–H groups in total. The van der Waals surface area contributed by atoms with Gasteiger partial charge in [-0.15, -0.1) is 0 Å². The minimum absolute atomic E-state index is 0.146. The SMILES string of the molecule is COC(=O)[C@@]1(C)C[C@H](C(=O)O)[C@H](c2ccc(F)cc2)N1C. The first-order chi connectivity index (χ1) is 9.81. The molecular formula is C15H18FNO4. The van der Waals surface area contributed by atoms with E-state index in [0.717, 1.165) is 0 Å². The summed E-state index contributed by atoms with van der Waals surface area (Å²) < 4.78 is 17.9. The van der Waals surface area contributed by atoms with E-state index in [-0.39, 0.29) is 12.2 Å². The second kappa shape index (κ2) is 5.44. The number of methoxy groups -OCH3 is 1. The van der Waals surface area contributed by atoms with Crippen LogP contribution in [0.5, 0.6) is 0 Å². The molecule has 1 saturated heterocycles. The van der Waals surface area contributed by atoms with Gasteiger partial charge in [-0.05, 0) is 38.1 Å². The van der Waals surface area contributed by atoms with Gasteiger partial charge in [-0.25, -0.2) is 4.39 Å². The van der Waals surface area contributed by atoms with Gasteiger partial charge < -0.3 is 9.84 Å². The van der Waals surface area contributed by atoms with Crippen molar-refractivity contribution in [3.05, 3.63) is 35.6 Å². The number of aliphatic carboxylic acids is 1. The summed E-state index contributed by atoms with van der Waals surface area (Å²) in [4.78, 5) is 25.3. The van der Waals surface area contributed by atoms with Gasteiger partial charge in [0.05, 0.1) is 13.0 Å². The molecule has 0 aliphatic carbocycles. The zero-order valence-corrected chi connectivity index (χ0v) is 12.2. The number of ether oxygens (including phenoxy) is 1. The van der Waals surface area contributed by atoms with Gasteiger partial charge in [-0.3, -0.25) is 14.5 Å². The van der Waals surface area contributed by atoms with Crippen molar-refractivity contribution in [2.75, 3.05) is 14.2 Å². The van der Waals surface area contributed by atoms with Crippen molar-refractivity contribution < 1.29 is 23.8 Å². The molecule has 0 saturated carbocycles. The quantitative estimate of drug-likeness (QED) is 0.862. The van der Waals surface area contributed by atoms with Crippen molar-refractivity contribution in [2.45, 2.75) is 24.9 Å². The minimum Gasteiger partial charge on any atom is -0.481 e. The number of carbonyl (C=O) groups is 2. The summed E-state index contributed by atoms with van der Waals surface area (Å²) in [6.07, 6.45) is 0.146. The molecule has 0 radical (unpaired) electrons. The molecule has 0 spiro atoms. The highest BCUT2D eigenvalue weighted by Crippen LogP contribution is 2.46. The molecule has 1 aromatic carbocycles. The number of esters is 1. The van der Waals surface area contributed by atoms with Crippen molar-refractivity contribution in [3.8, 4) is 0 Å². The molecule has 1 fully saturated rings. The van der Waals surface area contributed by atoms with Gasteiger partial charge in [0, 0.05) is 6.04 Å². The van der Waals surface area contributed by atoms with Crippen LogP contribution in [0.2, 0.25) is 0 Å². The van der Waals surface area contributed by atoms with Crippen LogP contribution in [0, 0.1) is 11.7 Å². The Hall–Kier alpha value is -1.95. The Labute approximate surface area is 122 Å². The molecule has 6 heteroatoms. The highest BCUT2D eigenvalue weighted by molar-refractivity contribution is 5.83. The van der Waals surface area contributed by atoms with E-state index in [4.69, 9.17) is 4.74 Å². The molecular weight excluding hydrogens is 277 g/mol. The largest absolute Gasteiger partial charge is 0.481 e. The van der Waals surface area contributed by atoms with Crippen molar-refractivity contribution in [3.63, 3.8) is 0 Å². The van der Waals surface area contributed by atoms with Crippen LogP contribution in [0.4, 0.5) is 4.39 Å². The molecule has 114 valence electrons. The number of benzene rings is 1. The fourth-order valence-electron chi connectivity index (χ4n) is 3.05. The molecule has 21 heavy (non-hydrogen) atoms. The molecule has 0 bridgehead atoms. The summed E-state index contributed by atoms with van der Waals surface area (Å²) in [5.41, 5.74) is -0.351. The Bertz CT molecular complexity index is 559. The number of halogens is 1. The van der Waals surface area contributed by atoms with Gasteiger partial charge in [0.15, 0.2) is 0 Å². The molecule has 1 aliphatic heterocycles. The number of carbonyl (C=O) groups excluding carboxylic acids is 1. The first-order valence-electron chi connectivity index (χ1n) is 6.61. The lowest BCUT2D eigenvalue weighted by Gasteiger charge is -2.32. The summed E-state index contributed by atoms with van der Waals surface area (Å²) >= 11 is 0. The van der Waals surface area contributed by atoms with E-state index >= 15 is 0 Å². The molecule has 1 heterocycles. The van der Waals surface area contributed by atoms with E-state index in [0.29, 0.717) is 5.56 Å². The van der Waals surface area contributed by atoms with Crippen molar-refractivity contribution >= 4 is 11.9 Å². The number of rotatable bonds is 3. The fraction of sp³-hybridized carbons (Fsp3) is 0.467. The third-order valence-corrected chi connectivity index (χ3v) is 4.35. The van der Waals surface area contributed by atoms with E-state index in [1.54, 1.807) is 31.0 Å². The van der Waals surface area contributed by atoms with E-state index < -0.39 is 29.4 Å². The number of carboxylic acids is 1. The Morgan fingerprint density at radius 2 is 1.95 bits per heavy atom. The zero-order valence-electron chi connectivity index (χ0n) is 12.2. The third kappa shape index (κ3) is 2.51. The van der Waals surface area contributed by atoms with Gasteiger partial charge in [0.25, 0.3) is 0 Å². The lowest BCUT2D eigenvalue weighted by molar-refractivity contribution is -0.152. The maximum absolute atomic E-state index is 13.1. The van der Waals surface area contributed by atoms with Gasteiger partial charge >= 0.3 is 11.9 Å². The molecule has 0 amide bonds.